The van der Waals surface area contributed by atoms with E-state index in [2.05, 4.69) is 0 Å². The molecule has 0 amide bonds. The number of unbranched alkanes of at least 4 members (excludes halogenated alkanes) is 2. The van der Waals surface area contributed by atoms with Crippen molar-refractivity contribution in [1.29, 1.82) is 0 Å². The van der Waals surface area contributed by atoms with Gasteiger partial charge in [-0.1, -0.05) is 30.7 Å². The summed E-state index contributed by atoms with van der Waals surface area (Å²) in [6.07, 6.45) is 9.59. The molecule has 0 spiro atoms. The predicted molar refractivity (Wildman–Crippen MR) is 307 cm³/mol. The molecule has 0 bridgehead atoms. The molecule has 6 rings (SSSR count). The average molecular weight is 1280 g/mol. The normalized spacial score (nSPS) is 18.4. The zero-order chi connectivity index (χ0) is 61.9. The number of methoxy groups -OCH3 is 2. The maximum Gasteiger partial charge on any atom is 0.303 e. The van der Waals surface area contributed by atoms with Crippen LogP contribution in [0, 0.1) is 0 Å². The van der Waals surface area contributed by atoms with Crippen LogP contribution >= 0.6 is 0 Å². The number of fused-ring (bicyclic) bond motifs is 6. The lowest BCUT2D eigenvalue weighted by molar-refractivity contribution is -0.437. The van der Waals surface area contributed by atoms with Crippen LogP contribution in [0.2, 0.25) is 0 Å². The molecular formula is C54H70N2O23S5. The second-order valence-corrected chi connectivity index (χ2v) is 27.4. The summed E-state index contributed by atoms with van der Waals surface area (Å²) in [6, 6.07) is 9.20. The highest BCUT2D eigenvalue weighted by atomic mass is 32.2. The Balaban J connectivity index is 1.55. The zero-order valence-corrected chi connectivity index (χ0v) is 50.8. The highest BCUT2D eigenvalue weighted by Crippen LogP contribution is 2.54. The smallest absolute Gasteiger partial charge is 0.303 e. The van der Waals surface area contributed by atoms with Gasteiger partial charge >= 0.3 is 5.97 Å². The fraction of sp³-hybridized carbons (Fsp3) is 0.481. The van der Waals surface area contributed by atoms with E-state index in [0.717, 1.165) is 12.1 Å². The quantitative estimate of drug-likeness (QED) is 0.0156. The topological polar surface area (TPSA) is 374 Å². The molecule has 2 unspecified atom stereocenters. The van der Waals surface area contributed by atoms with Crippen molar-refractivity contribution >= 4 is 95.2 Å². The molecule has 0 radical (unpaired) electrons. The number of hydrogen-bond acceptors (Lipinski definition) is 19. The third-order valence-electron chi connectivity index (χ3n) is 14.5. The van der Waals surface area contributed by atoms with Crippen LogP contribution in [0.15, 0.2) is 104 Å². The number of carbonyl (C=O) groups is 1. The largest absolute Gasteiger partial charge is 0.744 e. The molecule has 5 N–H and O–H groups in total. The van der Waals surface area contributed by atoms with E-state index in [9.17, 15) is 74.8 Å². The summed E-state index contributed by atoms with van der Waals surface area (Å²) < 4.78 is 215. The van der Waals surface area contributed by atoms with Crippen molar-refractivity contribution in [1.82, 2.24) is 0 Å². The van der Waals surface area contributed by atoms with E-state index in [0.29, 0.717) is 85.1 Å². The third-order valence-corrected chi connectivity index (χ3v) is 18.8. The van der Waals surface area contributed by atoms with Crippen molar-refractivity contribution in [3.63, 3.8) is 0 Å². The molecule has 25 nitrogen and oxygen atoms in total. The van der Waals surface area contributed by atoms with Crippen molar-refractivity contribution in [2.45, 2.75) is 89.2 Å². The summed E-state index contributed by atoms with van der Waals surface area (Å²) in [5, 5.41) is 9.17. The van der Waals surface area contributed by atoms with Gasteiger partial charge in [0.2, 0.25) is 5.69 Å². The molecule has 0 saturated heterocycles. The molecule has 2 atom stereocenters. The van der Waals surface area contributed by atoms with Crippen molar-refractivity contribution in [3.8, 4) is 0 Å². The van der Waals surface area contributed by atoms with Gasteiger partial charge in [0.25, 0.3) is 40.5 Å². The van der Waals surface area contributed by atoms with E-state index in [1.165, 1.54) is 32.4 Å². The number of rotatable bonds is 35. The minimum absolute atomic E-state index is 0.00829. The average Bonchev–Trinajstić information content (AvgIpc) is 1.62. The van der Waals surface area contributed by atoms with Crippen LogP contribution in [-0.4, -0.2) is 185 Å². The molecule has 4 aromatic rings. The molecule has 4 aromatic carbocycles. The van der Waals surface area contributed by atoms with Crippen LogP contribution in [0.1, 0.15) is 69.9 Å². The van der Waals surface area contributed by atoms with Crippen molar-refractivity contribution < 1.29 is 108 Å². The van der Waals surface area contributed by atoms with Gasteiger partial charge in [-0.3, -0.25) is 23.0 Å². The number of benzene rings is 4. The summed E-state index contributed by atoms with van der Waals surface area (Å²) >= 11 is 0. The molecule has 30 heteroatoms. The molecule has 2 aliphatic heterocycles. The van der Waals surface area contributed by atoms with E-state index in [-0.39, 0.29) is 107 Å². The Labute approximate surface area is 489 Å². The van der Waals surface area contributed by atoms with Gasteiger partial charge in [-0.2, -0.15) is 38.2 Å². The number of allylic oxidation sites excluding steroid dienone is 6. The van der Waals surface area contributed by atoms with Crippen LogP contribution in [0.4, 0.5) is 11.4 Å². The first kappa shape index (κ1) is 68.0. The van der Waals surface area contributed by atoms with Gasteiger partial charge in [0.05, 0.1) is 78.7 Å². The second-order valence-electron chi connectivity index (χ2n) is 20.3. The zero-order valence-electron chi connectivity index (χ0n) is 46.7. The minimum atomic E-state index is -5.36. The van der Waals surface area contributed by atoms with Gasteiger partial charge in [0.1, 0.15) is 21.6 Å². The number of nitrogens with zero attached hydrogens (tertiary/aromatic N) is 2. The summed E-state index contributed by atoms with van der Waals surface area (Å²) in [4.78, 5) is 9.97. The van der Waals surface area contributed by atoms with Gasteiger partial charge < -0.3 is 43.0 Å². The van der Waals surface area contributed by atoms with Gasteiger partial charge in [0, 0.05) is 86.7 Å². The van der Waals surface area contributed by atoms with Gasteiger partial charge in [-0.25, -0.2) is 8.42 Å². The van der Waals surface area contributed by atoms with Crippen molar-refractivity contribution in [2.75, 3.05) is 104 Å². The monoisotopic (exact) mass is 1270 g/mol. The number of anilines is 1. The minimum Gasteiger partial charge on any atom is -0.744 e. The maximum atomic E-state index is 12.9. The van der Waals surface area contributed by atoms with E-state index in [1.807, 2.05) is 11.8 Å². The molecule has 464 valence electrons. The highest BCUT2D eigenvalue weighted by Gasteiger charge is 2.49. The first-order valence-corrected chi connectivity index (χ1v) is 33.8. The molecule has 0 saturated carbocycles. The third kappa shape index (κ3) is 16.9. The fourth-order valence-electron chi connectivity index (χ4n) is 10.7. The molecule has 0 aliphatic carbocycles. The van der Waals surface area contributed by atoms with E-state index in [1.54, 1.807) is 47.9 Å². The first-order valence-electron chi connectivity index (χ1n) is 26.4. The summed E-state index contributed by atoms with van der Waals surface area (Å²) in [6.45, 7) is 5.74. The SMILES string of the molecule is COCCOCCOCCC1(C)C(/C=C/C=C/C=C2/N(CCCCCC(=O)O)c3ccc4c(S(=O)(=O)[O-])cc(S(=O)(=O)O)cc4c3C2(C)CCOCCOCCOC)=[N+](CCCS(=O)(=O)O)c2ccc3c(S(=O)(=O)O)cc(S(=O)(=O)O)cc3c21. The van der Waals surface area contributed by atoms with Gasteiger partial charge in [-0.05, 0) is 104 Å². The molecular weight excluding hydrogens is 1200 g/mol. The number of carboxylic acid groups (broad SMARTS) is 1. The van der Waals surface area contributed by atoms with Crippen LogP contribution in [0.5, 0.6) is 0 Å². The summed E-state index contributed by atoms with van der Waals surface area (Å²) in [5.74, 6) is -1.66. The Hall–Kier alpha value is -5.13. The second kappa shape index (κ2) is 28.6. The van der Waals surface area contributed by atoms with E-state index < -0.39 is 92.7 Å². The number of hydrogen-bond donors (Lipinski definition) is 5. The van der Waals surface area contributed by atoms with Crippen molar-refractivity contribution in [3.05, 3.63) is 95.7 Å². The first-order chi connectivity index (χ1) is 39.4. The Kier molecular flexibility index (Phi) is 23.1. The lowest BCUT2D eigenvalue weighted by atomic mass is 9.75. The lowest BCUT2D eigenvalue weighted by Crippen LogP contribution is -2.33. The highest BCUT2D eigenvalue weighted by molar-refractivity contribution is 7.87. The number of carboxylic acids is 1. The standard InChI is InChI=1S/C54H70N2O23S5/c1-53(19-23-76-29-31-78-27-25-74-3)48(55(21-10-6-9-14-50(57)58)44-17-15-40-42(51(44)53)34-38(81(62,63)64)36-46(40)83(68,69)70)12-7-5-8-13-49-54(2,20-24-77-30-32-79-28-26-75-4)52-43-35-39(82(65,66)67)37-47(84(71,72)73)41(43)16-18-45(52)56(49)22-11-33-80(59,60)61/h5,7-8,12-13,15-18,34-37H,6,9-11,14,19-33H2,1-4H3,(H5-,57,58,59,60,61,62,63,64,65,66,67,68,69,70,71,72,73). The molecule has 2 aliphatic rings. The molecule has 0 fully saturated rings. The molecule has 84 heavy (non-hydrogen) atoms. The molecule has 2 heterocycles. The van der Waals surface area contributed by atoms with E-state index >= 15 is 0 Å². The number of ether oxygens (including phenoxy) is 6. The molecule has 0 aromatic heterocycles. The van der Waals surface area contributed by atoms with Crippen LogP contribution in [0.25, 0.3) is 21.5 Å². The van der Waals surface area contributed by atoms with Crippen molar-refractivity contribution in [2.24, 2.45) is 0 Å². The fourth-order valence-corrected chi connectivity index (χ4v) is 13.8. The Morgan fingerprint density at radius 3 is 1.65 bits per heavy atom. The Morgan fingerprint density at radius 2 is 1.12 bits per heavy atom. The summed E-state index contributed by atoms with van der Waals surface area (Å²) in [5.41, 5.74) is 0.0453. The van der Waals surface area contributed by atoms with Crippen LogP contribution in [0.3, 0.4) is 0 Å². The van der Waals surface area contributed by atoms with Gasteiger partial charge in [0.15, 0.2) is 5.71 Å². The maximum absolute atomic E-state index is 12.9. The van der Waals surface area contributed by atoms with E-state index in [4.69, 9.17) is 28.4 Å². The Morgan fingerprint density at radius 1 is 0.595 bits per heavy atom. The van der Waals surface area contributed by atoms with Gasteiger partial charge in [-0.15, -0.1) is 0 Å². The van der Waals surface area contributed by atoms with Crippen LogP contribution in [-0.2, 0) is 94.6 Å². The Bertz CT molecular complexity index is 3790. The van der Waals surface area contributed by atoms with Crippen LogP contribution < -0.4 is 4.90 Å². The lowest BCUT2D eigenvalue weighted by Gasteiger charge is -2.31. The summed E-state index contributed by atoms with van der Waals surface area (Å²) in [7, 11) is -22.2. The number of aliphatic carboxylic acids is 1. The predicted octanol–water partition coefficient (Wildman–Crippen LogP) is 5.83.